The summed E-state index contributed by atoms with van der Waals surface area (Å²) in [6.07, 6.45) is 4.75. The van der Waals surface area contributed by atoms with Crippen LogP contribution in [-0.2, 0) is 9.53 Å². The van der Waals surface area contributed by atoms with Gasteiger partial charge in [0.05, 0.1) is 12.1 Å². The molecule has 1 saturated heterocycles. The van der Waals surface area contributed by atoms with Crippen LogP contribution in [0.15, 0.2) is 24.3 Å². The Labute approximate surface area is 164 Å². The number of hydrogen-bond acceptors (Lipinski definition) is 5. The summed E-state index contributed by atoms with van der Waals surface area (Å²) in [4.78, 5) is 23.8. The van der Waals surface area contributed by atoms with E-state index in [-0.39, 0.29) is 30.4 Å². The molecule has 0 aliphatic carbocycles. The van der Waals surface area contributed by atoms with Gasteiger partial charge in [0.15, 0.2) is 0 Å². The number of ether oxygens (including phenoxy) is 1. The van der Waals surface area contributed by atoms with Gasteiger partial charge < -0.3 is 26.4 Å². The maximum Gasteiger partial charge on any atom is 0.319 e. The summed E-state index contributed by atoms with van der Waals surface area (Å²) in [5, 5.41) is 8.32. The van der Waals surface area contributed by atoms with Gasteiger partial charge >= 0.3 is 6.03 Å². The molecule has 1 aliphatic rings. The molecular weight excluding hydrogens is 376 g/mol. The molecule has 9 heteroatoms. The number of rotatable bonds is 8. The van der Waals surface area contributed by atoms with Crippen molar-refractivity contribution in [2.24, 2.45) is 5.73 Å². The number of carbonyl (C=O) groups is 2. The third kappa shape index (κ3) is 7.82. The Morgan fingerprint density at radius 2 is 1.92 bits per heavy atom. The van der Waals surface area contributed by atoms with Gasteiger partial charge in [-0.15, -0.1) is 12.4 Å². The van der Waals surface area contributed by atoms with E-state index in [0.29, 0.717) is 24.3 Å². The molecule has 1 aromatic rings. The molecule has 2 atom stereocenters. The van der Waals surface area contributed by atoms with E-state index in [2.05, 4.69) is 16.0 Å². The standard InChI is InChI=1S/C17H26N4O3S.ClH/c1-25-10-8-15(18)16(22)20-12-4-6-13(7-5-12)21-17(23)19-11-14-3-2-9-24-14;/h4-7,14-15H,2-3,8-11,18H2,1H3,(H,20,22)(H2,19,21,23);1H/t14?,15-;/m0./s1. The van der Waals surface area contributed by atoms with Crippen LogP contribution in [0.2, 0.25) is 0 Å². The van der Waals surface area contributed by atoms with Gasteiger partial charge in [-0.1, -0.05) is 0 Å². The summed E-state index contributed by atoms with van der Waals surface area (Å²) in [5.41, 5.74) is 7.13. The summed E-state index contributed by atoms with van der Waals surface area (Å²) in [5.74, 6) is 0.641. The van der Waals surface area contributed by atoms with Crippen LogP contribution in [0.25, 0.3) is 0 Å². The van der Waals surface area contributed by atoms with Crippen molar-refractivity contribution in [2.45, 2.75) is 31.4 Å². The molecule has 0 aromatic heterocycles. The second kappa shape index (κ2) is 12.0. The highest BCUT2D eigenvalue weighted by Crippen LogP contribution is 2.14. The van der Waals surface area contributed by atoms with Crippen molar-refractivity contribution in [1.82, 2.24) is 5.32 Å². The smallest absolute Gasteiger partial charge is 0.319 e. The average molecular weight is 403 g/mol. The van der Waals surface area contributed by atoms with Crippen molar-refractivity contribution in [2.75, 3.05) is 35.8 Å². The van der Waals surface area contributed by atoms with Gasteiger partial charge in [0, 0.05) is 24.5 Å². The third-order valence-corrected chi connectivity index (χ3v) is 4.54. The molecule has 7 nitrogen and oxygen atoms in total. The molecule has 26 heavy (non-hydrogen) atoms. The molecule has 2 rings (SSSR count). The lowest BCUT2D eigenvalue weighted by molar-refractivity contribution is -0.117. The van der Waals surface area contributed by atoms with E-state index < -0.39 is 6.04 Å². The lowest BCUT2D eigenvalue weighted by atomic mass is 10.2. The SMILES string of the molecule is CSCC[C@H](N)C(=O)Nc1ccc(NC(=O)NCC2CCCO2)cc1.Cl. The lowest BCUT2D eigenvalue weighted by Crippen LogP contribution is -2.36. The minimum Gasteiger partial charge on any atom is -0.376 e. The predicted octanol–water partition coefficient (Wildman–Crippen LogP) is 2.43. The van der Waals surface area contributed by atoms with Gasteiger partial charge in [0.1, 0.15) is 0 Å². The molecule has 0 saturated carbocycles. The normalized spacial score (nSPS) is 17.1. The van der Waals surface area contributed by atoms with Crippen LogP contribution in [0.3, 0.4) is 0 Å². The number of urea groups is 1. The van der Waals surface area contributed by atoms with Crippen LogP contribution in [0, 0.1) is 0 Å². The topological polar surface area (TPSA) is 105 Å². The fourth-order valence-electron chi connectivity index (χ4n) is 2.43. The monoisotopic (exact) mass is 402 g/mol. The highest BCUT2D eigenvalue weighted by atomic mass is 35.5. The first-order chi connectivity index (χ1) is 12.1. The van der Waals surface area contributed by atoms with E-state index in [0.717, 1.165) is 25.2 Å². The largest absolute Gasteiger partial charge is 0.376 e. The summed E-state index contributed by atoms with van der Waals surface area (Å²) >= 11 is 1.66. The fraction of sp³-hybridized carbons (Fsp3) is 0.529. The Morgan fingerprint density at radius 1 is 1.27 bits per heavy atom. The highest BCUT2D eigenvalue weighted by molar-refractivity contribution is 7.98. The molecule has 1 aromatic carbocycles. The number of amides is 3. The first-order valence-electron chi connectivity index (χ1n) is 8.40. The number of halogens is 1. The Hall–Kier alpha value is -1.48. The summed E-state index contributed by atoms with van der Waals surface area (Å²) in [6.45, 7) is 1.27. The van der Waals surface area contributed by atoms with Gasteiger partial charge in [-0.05, 0) is 55.5 Å². The van der Waals surface area contributed by atoms with Crippen LogP contribution >= 0.6 is 24.2 Å². The van der Waals surface area contributed by atoms with E-state index in [9.17, 15) is 9.59 Å². The average Bonchev–Trinajstić information content (AvgIpc) is 3.13. The van der Waals surface area contributed by atoms with Gasteiger partial charge in [-0.25, -0.2) is 4.79 Å². The first kappa shape index (κ1) is 22.6. The molecule has 0 radical (unpaired) electrons. The van der Waals surface area contributed by atoms with Crippen molar-refractivity contribution in [1.29, 1.82) is 0 Å². The van der Waals surface area contributed by atoms with Crippen molar-refractivity contribution in [3.05, 3.63) is 24.3 Å². The van der Waals surface area contributed by atoms with Crippen molar-refractivity contribution in [3.8, 4) is 0 Å². The van der Waals surface area contributed by atoms with E-state index in [1.807, 2.05) is 6.26 Å². The third-order valence-electron chi connectivity index (χ3n) is 3.89. The number of anilines is 2. The first-order valence-corrected chi connectivity index (χ1v) is 9.80. The molecule has 1 aliphatic heterocycles. The maximum absolute atomic E-state index is 12.0. The fourth-order valence-corrected chi connectivity index (χ4v) is 2.92. The number of carbonyl (C=O) groups excluding carboxylic acids is 2. The summed E-state index contributed by atoms with van der Waals surface area (Å²) in [6, 6.07) is 6.13. The number of benzene rings is 1. The Morgan fingerprint density at radius 3 is 2.50 bits per heavy atom. The van der Waals surface area contributed by atoms with Crippen molar-refractivity contribution >= 4 is 47.5 Å². The second-order valence-corrected chi connectivity index (χ2v) is 6.91. The number of nitrogens with two attached hydrogens (primary N) is 1. The van der Waals surface area contributed by atoms with Crippen LogP contribution in [0.4, 0.5) is 16.2 Å². The minimum atomic E-state index is -0.520. The molecule has 3 amide bonds. The van der Waals surface area contributed by atoms with Gasteiger partial charge in [-0.3, -0.25) is 4.79 Å². The Balaban J connectivity index is 0.00000338. The zero-order valence-corrected chi connectivity index (χ0v) is 16.5. The molecule has 146 valence electrons. The van der Waals surface area contributed by atoms with Crippen LogP contribution in [0.5, 0.6) is 0 Å². The molecule has 1 unspecified atom stereocenters. The van der Waals surface area contributed by atoms with E-state index in [1.54, 1.807) is 36.0 Å². The zero-order valence-electron chi connectivity index (χ0n) is 14.8. The quantitative estimate of drug-likeness (QED) is 0.534. The lowest BCUT2D eigenvalue weighted by Gasteiger charge is -2.13. The molecule has 0 spiro atoms. The molecule has 0 bridgehead atoms. The minimum absolute atomic E-state index is 0. The molecule has 5 N–H and O–H groups in total. The molecular formula is C17H27ClN4O3S. The Bertz CT molecular complexity index is 568. The Kier molecular flexibility index (Phi) is 10.4. The predicted molar refractivity (Wildman–Crippen MR) is 109 cm³/mol. The molecule has 1 heterocycles. The number of thioether (sulfide) groups is 1. The van der Waals surface area contributed by atoms with E-state index >= 15 is 0 Å². The van der Waals surface area contributed by atoms with Crippen molar-refractivity contribution < 1.29 is 14.3 Å². The zero-order chi connectivity index (χ0) is 18.1. The number of hydrogen-bond donors (Lipinski definition) is 4. The summed E-state index contributed by atoms with van der Waals surface area (Å²) < 4.78 is 5.46. The van der Waals surface area contributed by atoms with Gasteiger partial charge in [0.2, 0.25) is 5.91 Å². The van der Waals surface area contributed by atoms with E-state index in [1.165, 1.54) is 0 Å². The van der Waals surface area contributed by atoms with Gasteiger partial charge in [-0.2, -0.15) is 11.8 Å². The maximum atomic E-state index is 12.0. The van der Waals surface area contributed by atoms with E-state index in [4.69, 9.17) is 10.5 Å². The van der Waals surface area contributed by atoms with Crippen LogP contribution < -0.4 is 21.7 Å². The van der Waals surface area contributed by atoms with Crippen LogP contribution in [0.1, 0.15) is 19.3 Å². The second-order valence-electron chi connectivity index (χ2n) is 5.92. The number of nitrogens with one attached hydrogen (secondary N) is 3. The van der Waals surface area contributed by atoms with Crippen molar-refractivity contribution in [3.63, 3.8) is 0 Å². The molecule has 1 fully saturated rings. The summed E-state index contributed by atoms with van der Waals surface area (Å²) in [7, 11) is 0. The highest BCUT2D eigenvalue weighted by Gasteiger charge is 2.16. The van der Waals surface area contributed by atoms with Gasteiger partial charge in [0.25, 0.3) is 0 Å². The van der Waals surface area contributed by atoms with Crippen LogP contribution in [-0.4, -0.2) is 49.2 Å².